The molecule has 24 heavy (non-hydrogen) atoms. The van der Waals surface area contributed by atoms with E-state index in [2.05, 4.69) is 10.3 Å². The third-order valence-electron chi connectivity index (χ3n) is 3.36. The number of pyridine rings is 1. The van der Waals surface area contributed by atoms with Crippen LogP contribution in [0.5, 0.6) is 5.75 Å². The van der Waals surface area contributed by atoms with Gasteiger partial charge < -0.3 is 15.2 Å². The molecule has 126 valence electrons. The van der Waals surface area contributed by atoms with E-state index in [4.69, 9.17) is 4.74 Å². The maximum Gasteiger partial charge on any atom is 0.325 e. The zero-order valence-corrected chi connectivity index (χ0v) is 13.3. The predicted molar refractivity (Wildman–Crippen MR) is 85.0 cm³/mol. The maximum absolute atomic E-state index is 13.3. The number of esters is 1. The van der Waals surface area contributed by atoms with Gasteiger partial charge in [0.15, 0.2) is 5.69 Å². The standard InChI is InChI=1S/C17H17FN2O4/c1-3-24-14(21)9-20-17(23)15-16(22)10(2)13(8-19-15)11-5-4-6-12(18)7-11/h4-8,22H,3,9H2,1-2H3,(H,20,23). The summed E-state index contributed by atoms with van der Waals surface area (Å²) in [7, 11) is 0. The third-order valence-corrected chi connectivity index (χ3v) is 3.36. The lowest BCUT2D eigenvalue weighted by Crippen LogP contribution is -2.31. The minimum atomic E-state index is -0.700. The summed E-state index contributed by atoms with van der Waals surface area (Å²) >= 11 is 0. The summed E-state index contributed by atoms with van der Waals surface area (Å²) in [5, 5.41) is 12.5. The number of aromatic nitrogens is 1. The lowest BCUT2D eigenvalue weighted by Gasteiger charge is -2.11. The van der Waals surface area contributed by atoms with E-state index < -0.39 is 17.7 Å². The fourth-order valence-electron chi connectivity index (χ4n) is 2.15. The average Bonchev–Trinajstić information content (AvgIpc) is 2.55. The van der Waals surface area contributed by atoms with Gasteiger partial charge in [0.1, 0.15) is 18.1 Å². The molecule has 2 N–H and O–H groups in total. The molecule has 0 atom stereocenters. The van der Waals surface area contributed by atoms with E-state index in [9.17, 15) is 19.1 Å². The van der Waals surface area contributed by atoms with Gasteiger partial charge in [0.2, 0.25) is 0 Å². The minimum absolute atomic E-state index is 0.208. The van der Waals surface area contributed by atoms with E-state index in [1.54, 1.807) is 26.0 Å². The Hall–Kier alpha value is -2.96. The minimum Gasteiger partial charge on any atom is -0.505 e. The maximum atomic E-state index is 13.3. The van der Waals surface area contributed by atoms with Gasteiger partial charge in [-0.2, -0.15) is 0 Å². The van der Waals surface area contributed by atoms with Crippen molar-refractivity contribution in [3.05, 3.63) is 47.5 Å². The van der Waals surface area contributed by atoms with Crippen molar-refractivity contribution in [1.82, 2.24) is 10.3 Å². The number of aromatic hydroxyl groups is 1. The van der Waals surface area contributed by atoms with Crippen LogP contribution in [0.3, 0.4) is 0 Å². The number of halogens is 1. The van der Waals surface area contributed by atoms with Gasteiger partial charge in [0.25, 0.3) is 5.91 Å². The van der Waals surface area contributed by atoms with Gasteiger partial charge in [-0.05, 0) is 31.5 Å². The van der Waals surface area contributed by atoms with E-state index in [1.165, 1.54) is 18.3 Å². The number of hydrogen-bond acceptors (Lipinski definition) is 5. The van der Waals surface area contributed by atoms with Gasteiger partial charge >= 0.3 is 5.97 Å². The molecule has 1 aromatic carbocycles. The molecule has 0 saturated heterocycles. The van der Waals surface area contributed by atoms with Gasteiger partial charge in [0, 0.05) is 17.3 Å². The van der Waals surface area contributed by atoms with Crippen LogP contribution in [0.2, 0.25) is 0 Å². The van der Waals surface area contributed by atoms with Crippen molar-refractivity contribution < 1.29 is 23.8 Å². The quantitative estimate of drug-likeness (QED) is 0.820. The van der Waals surface area contributed by atoms with Gasteiger partial charge in [-0.15, -0.1) is 0 Å². The molecular weight excluding hydrogens is 315 g/mol. The molecule has 0 bridgehead atoms. The fourth-order valence-corrected chi connectivity index (χ4v) is 2.15. The van der Waals surface area contributed by atoms with Crippen LogP contribution in [0.1, 0.15) is 23.0 Å². The van der Waals surface area contributed by atoms with Gasteiger partial charge in [-0.3, -0.25) is 9.59 Å². The van der Waals surface area contributed by atoms with Crippen LogP contribution in [-0.4, -0.2) is 35.1 Å². The molecule has 2 aromatic rings. The van der Waals surface area contributed by atoms with Crippen molar-refractivity contribution in [2.45, 2.75) is 13.8 Å². The number of nitrogens with one attached hydrogen (secondary N) is 1. The zero-order chi connectivity index (χ0) is 17.7. The third kappa shape index (κ3) is 3.87. The van der Waals surface area contributed by atoms with Gasteiger partial charge in [-0.25, -0.2) is 9.37 Å². The summed E-state index contributed by atoms with van der Waals surface area (Å²) in [4.78, 5) is 27.2. The van der Waals surface area contributed by atoms with E-state index in [0.717, 1.165) is 0 Å². The topological polar surface area (TPSA) is 88.5 Å². The Labute approximate surface area is 138 Å². The lowest BCUT2D eigenvalue weighted by molar-refractivity contribution is -0.141. The molecule has 1 amide bonds. The summed E-state index contributed by atoms with van der Waals surface area (Å²) in [6.07, 6.45) is 1.38. The normalized spacial score (nSPS) is 10.3. The molecule has 2 rings (SSSR count). The second-order valence-corrected chi connectivity index (χ2v) is 4.99. The first-order chi connectivity index (χ1) is 11.4. The highest BCUT2D eigenvalue weighted by atomic mass is 19.1. The molecule has 0 unspecified atom stereocenters. The van der Waals surface area contributed by atoms with E-state index in [1.807, 2.05) is 0 Å². The lowest BCUT2D eigenvalue weighted by atomic mass is 10.0. The first-order valence-corrected chi connectivity index (χ1v) is 7.32. The predicted octanol–water partition coefficient (Wildman–Crippen LogP) is 2.19. The molecule has 0 aliphatic carbocycles. The number of amides is 1. The smallest absolute Gasteiger partial charge is 0.325 e. The highest BCUT2D eigenvalue weighted by Crippen LogP contribution is 2.30. The Morgan fingerprint density at radius 3 is 2.79 bits per heavy atom. The second kappa shape index (κ2) is 7.54. The van der Waals surface area contributed by atoms with E-state index >= 15 is 0 Å². The Kier molecular flexibility index (Phi) is 5.47. The molecule has 1 heterocycles. The highest BCUT2D eigenvalue weighted by molar-refractivity contribution is 5.97. The van der Waals surface area contributed by atoms with Gasteiger partial charge in [0.05, 0.1) is 6.61 Å². The van der Waals surface area contributed by atoms with Crippen LogP contribution in [0.25, 0.3) is 11.1 Å². The molecule has 0 radical (unpaired) electrons. The fraction of sp³-hybridized carbons (Fsp3) is 0.235. The van der Waals surface area contributed by atoms with Crippen molar-refractivity contribution in [3.8, 4) is 16.9 Å². The molecule has 7 heteroatoms. The van der Waals surface area contributed by atoms with Crippen LogP contribution in [0, 0.1) is 12.7 Å². The molecule has 0 spiro atoms. The number of carbonyl (C=O) groups excluding carboxylic acids is 2. The average molecular weight is 332 g/mol. The zero-order valence-electron chi connectivity index (χ0n) is 13.3. The van der Waals surface area contributed by atoms with Crippen LogP contribution >= 0.6 is 0 Å². The van der Waals surface area contributed by atoms with E-state index in [0.29, 0.717) is 16.7 Å². The number of benzene rings is 1. The molecule has 0 aliphatic heterocycles. The van der Waals surface area contributed by atoms with Gasteiger partial charge in [-0.1, -0.05) is 12.1 Å². The number of carbonyl (C=O) groups is 2. The van der Waals surface area contributed by atoms with E-state index in [-0.39, 0.29) is 24.6 Å². The second-order valence-electron chi connectivity index (χ2n) is 4.99. The Morgan fingerprint density at radius 2 is 2.12 bits per heavy atom. The van der Waals surface area contributed by atoms with Crippen molar-refractivity contribution in [2.75, 3.05) is 13.2 Å². The highest BCUT2D eigenvalue weighted by Gasteiger charge is 2.18. The largest absolute Gasteiger partial charge is 0.505 e. The van der Waals surface area contributed by atoms with Crippen LogP contribution in [-0.2, 0) is 9.53 Å². The molecule has 0 saturated carbocycles. The van der Waals surface area contributed by atoms with Crippen molar-refractivity contribution in [1.29, 1.82) is 0 Å². The van der Waals surface area contributed by atoms with Crippen LogP contribution < -0.4 is 5.32 Å². The Bertz CT molecular complexity index is 777. The molecule has 1 aromatic heterocycles. The Balaban J connectivity index is 2.23. The number of nitrogens with zero attached hydrogens (tertiary/aromatic N) is 1. The number of rotatable bonds is 5. The van der Waals surface area contributed by atoms with Crippen molar-refractivity contribution in [3.63, 3.8) is 0 Å². The molecule has 0 aliphatic rings. The summed E-state index contributed by atoms with van der Waals surface area (Å²) in [6, 6.07) is 5.83. The molecular formula is C17H17FN2O4. The molecule has 6 nitrogen and oxygen atoms in total. The SMILES string of the molecule is CCOC(=O)CNC(=O)c1ncc(-c2cccc(F)c2)c(C)c1O. The van der Waals surface area contributed by atoms with Crippen molar-refractivity contribution >= 4 is 11.9 Å². The molecule has 0 fully saturated rings. The Morgan fingerprint density at radius 1 is 1.38 bits per heavy atom. The number of ether oxygens (including phenoxy) is 1. The summed E-state index contributed by atoms with van der Waals surface area (Å²) in [6.45, 7) is 3.14. The first kappa shape index (κ1) is 17.4. The summed E-state index contributed by atoms with van der Waals surface area (Å²) in [5.74, 6) is -2.02. The monoisotopic (exact) mass is 332 g/mol. The van der Waals surface area contributed by atoms with Crippen molar-refractivity contribution in [2.24, 2.45) is 0 Å². The first-order valence-electron chi connectivity index (χ1n) is 7.32. The summed E-state index contributed by atoms with van der Waals surface area (Å²) < 4.78 is 18.0. The number of hydrogen-bond donors (Lipinski definition) is 2. The summed E-state index contributed by atoms with van der Waals surface area (Å²) in [5.41, 5.74) is 1.22. The van der Waals surface area contributed by atoms with Crippen LogP contribution in [0.15, 0.2) is 30.5 Å². The van der Waals surface area contributed by atoms with Crippen LogP contribution in [0.4, 0.5) is 4.39 Å².